The van der Waals surface area contributed by atoms with Crippen LogP contribution >= 0.6 is 0 Å². The largest absolute Gasteiger partial charge is 0.477 e. The summed E-state index contributed by atoms with van der Waals surface area (Å²) in [4.78, 5) is 16.1. The summed E-state index contributed by atoms with van der Waals surface area (Å²) < 4.78 is 7.12. The van der Waals surface area contributed by atoms with Crippen LogP contribution in [0.3, 0.4) is 0 Å². The first-order valence-electron chi connectivity index (χ1n) is 6.09. The van der Waals surface area contributed by atoms with Gasteiger partial charge in [-0.2, -0.15) is 4.98 Å². The van der Waals surface area contributed by atoms with Gasteiger partial charge in [0.05, 0.1) is 12.7 Å². The maximum absolute atomic E-state index is 11.8. The van der Waals surface area contributed by atoms with E-state index in [4.69, 9.17) is 4.74 Å². The van der Waals surface area contributed by atoms with Gasteiger partial charge in [0.2, 0.25) is 5.88 Å². The van der Waals surface area contributed by atoms with Crippen molar-refractivity contribution in [2.75, 3.05) is 6.61 Å². The lowest BCUT2D eigenvalue weighted by Crippen LogP contribution is -2.16. The molecule has 92 valence electrons. The fraction of sp³-hybridized carbons (Fsp3) is 0.286. The number of rotatable bonds is 3. The average molecular weight is 242 g/mol. The van der Waals surface area contributed by atoms with Crippen LogP contribution in [0.2, 0.25) is 0 Å². The van der Waals surface area contributed by atoms with E-state index in [1.165, 1.54) is 10.5 Å². The molecular formula is C14H14N2O2. The summed E-state index contributed by atoms with van der Waals surface area (Å²) >= 11 is 0. The molecule has 0 radical (unpaired) electrons. The van der Waals surface area contributed by atoms with Crippen LogP contribution in [0.4, 0.5) is 0 Å². The van der Waals surface area contributed by atoms with E-state index < -0.39 is 0 Å². The van der Waals surface area contributed by atoms with E-state index in [2.05, 4.69) is 17.1 Å². The Bertz CT molecular complexity index is 638. The molecule has 0 atom stereocenters. The van der Waals surface area contributed by atoms with E-state index in [1.807, 2.05) is 6.07 Å². The molecule has 18 heavy (non-hydrogen) atoms. The van der Waals surface area contributed by atoms with Gasteiger partial charge >= 0.3 is 0 Å². The summed E-state index contributed by atoms with van der Waals surface area (Å²) in [6.45, 7) is 0.614. The zero-order chi connectivity index (χ0) is 12.4. The zero-order valence-electron chi connectivity index (χ0n) is 9.95. The maximum atomic E-state index is 11.8. The first-order chi connectivity index (χ1) is 8.83. The smallest absolute Gasteiger partial charge is 0.261 e. The van der Waals surface area contributed by atoms with Crippen LogP contribution < -0.4 is 10.3 Å². The minimum Gasteiger partial charge on any atom is -0.477 e. The Balaban J connectivity index is 1.82. The molecule has 2 aromatic heterocycles. The number of nitrogens with zero attached hydrogens (tertiary/aromatic N) is 2. The van der Waals surface area contributed by atoms with E-state index in [-0.39, 0.29) is 5.56 Å². The van der Waals surface area contributed by atoms with Gasteiger partial charge in [0.25, 0.3) is 5.56 Å². The second kappa shape index (κ2) is 4.64. The Morgan fingerprint density at radius 2 is 2.17 bits per heavy atom. The van der Waals surface area contributed by atoms with Crippen molar-refractivity contribution in [2.45, 2.75) is 12.8 Å². The summed E-state index contributed by atoms with van der Waals surface area (Å²) in [5.41, 5.74) is 0.504. The van der Waals surface area contributed by atoms with Gasteiger partial charge in [-0.3, -0.25) is 9.20 Å². The number of pyridine rings is 1. The lowest BCUT2D eigenvalue weighted by molar-refractivity contribution is 0.247. The molecule has 0 aliphatic heterocycles. The Morgan fingerprint density at radius 1 is 1.33 bits per heavy atom. The topological polar surface area (TPSA) is 43.6 Å². The fourth-order valence-corrected chi connectivity index (χ4v) is 2.12. The summed E-state index contributed by atoms with van der Waals surface area (Å²) in [6.07, 6.45) is 8.13. The molecule has 0 spiro atoms. The summed E-state index contributed by atoms with van der Waals surface area (Å²) in [6, 6.07) is 6.90. The number of hydrogen-bond donors (Lipinski definition) is 0. The first kappa shape index (κ1) is 11.0. The van der Waals surface area contributed by atoms with Crippen molar-refractivity contribution in [1.29, 1.82) is 0 Å². The van der Waals surface area contributed by atoms with Crippen molar-refractivity contribution in [1.82, 2.24) is 9.38 Å². The predicted octanol–water partition coefficient (Wildman–Crippen LogP) is 2.04. The number of aromatic nitrogens is 2. The van der Waals surface area contributed by atoms with Gasteiger partial charge in [-0.05, 0) is 30.9 Å². The SMILES string of the molecule is O=c1cc(OCC2CC=CC2)nc2ccccn12. The number of allylic oxidation sites excluding steroid dienone is 2. The third-order valence-electron chi connectivity index (χ3n) is 3.12. The Hall–Kier alpha value is -2.10. The number of fused-ring (bicyclic) bond motifs is 1. The van der Waals surface area contributed by atoms with Crippen LogP contribution in [0, 0.1) is 5.92 Å². The molecule has 0 N–H and O–H groups in total. The molecule has 0 unspecified atom stereocenters. The molecule has 4 nitrogen and oxygen atoms in total. The highest BCUT2D eigenvalue weighted by molar-refractivity contribution is 5.39. The molecule has 0 fully saturated rings. The van der Waals surface area contributed by atoms with Gasteiger partial charge in [0.1, 0.15) is 5.65 Å². The normalized spacial score (nSPS) is 15.3. The molecule has 0 aromatic carbocycles. The minimum absolute atomic E-state index is 0.111. The minimum atomic E-state index is -0.111. The van der Waals surface area contributed by atoms with E-state index in [0.717, 1.165) is 12.8 Å². The van der Waals surface area contributed by atoms with Crippen LogP contribution in [-0.4, -0.2) is 16.0 Å². The first-order valence-corrected chi connectivity index (χ1v) is 6.09. The van der Waals surface area contributed by atoms with Gasteiger partial charge in [0.15, 0.2) is 0 Å². The standard InChI is InChI=1S/C14H14N2O2/c17-14-9-13(18-10-11-5-1-2-6-11)15-12-7-3-4-8-16(12)14/h1-4,7-9,11H,5-6,10H2. The van der Waals surface area contributed by atoms with Crippen LogP contribution in [0.25, 0.3) is 5.65 Å². The lowest BCUT2D eigenvalue weighted by Gasteiger charge is -2.10. The third-order valence-corrected chi connectivity index (χ3v) is 3.12. The summed E-state index contributed by atoms with van der Waals surface area (Å²) in [5.74, 6) is 0.930. The quantitative estimate of drug-likeness (QED) is 0.774. The molecule has 0 saturated heterocycles. The van der Waals surface area contributed by atoms with E-state index in [1.54, 1.807) is 18.3 Å². The van der Waals surface area contributed by atoms with Gasteiger partial charge < -0.3 is 4.74 Å². The van der Waals surface area contributed by atoms with Crippen molar-refractivity contribution in [3.63, 3.8) is 0 Å². The predicted molar refractivity (Wildman–Crippen MR) is 68.8 cm³/mol. The maximum Gasteiger partial charge on any atom is 0.261 e. The van der Waals surface area contributed by atoms with E-state index >= 15 is 0 Å². The van der Waals surface area contributed by atoms with Crippen LogP contribution in [0.5, 0.6) is 5.88 Å². The average Bonchev–Trinajstić information content (AvgIpc) is 2.90. The fourth-order valence-electron chi connectivity index (χ4n) is 2.12. The summed E-state index contributed by atoms with van der Waals surface area (Å²) in [7, 11) is 0. The van der Waals surface area contributed by atoms with Crippen molar-refractivity contribution < 1.29 is 4.74 Å². The number of ether oxygens (including phenoxy) is 1. The van der Waals surface area contributed by atoms with Gasteiger partial charge in [0, 0.05) is 6.20 Å². The molecule has 4 heteroatoms. The zero-order valence-corrected chi connectivity index (χ0v) is 9.95. The van der Waals surface area contributed by atoms with Crippen molar-refractivity contribution in [3.05, 3.63) is 53.0 Å². The van der Waals surface area contributed by atoms with Crippen molar-refractivity contribution in [3.8, 4) is 5.88 Å². The van der Waals surface area contributed by atoms with Crippen LogP contribution in [0.15, 0.2) is 47.4 Å². The summed E-state index contributed by atoms with van der Waals surface area (Å²) in [5, 5.41) is 0. The van der Waals surface area contributed by atoms with Gasteiger partial charge in [-0.25, -0.2) is 0 Å². The van der Waals surface area contributed by atoms with Crippen molar-refractivity contribution >= 4 is 5.65 Å². The Morgan fingerprint density at radius 3 is 3.00 bits per heavy atom. The molecule has 3 rings (SSSR count). The van der Waals surface area contributed by atoms with Crippen LogP contribution in [0.1, 0.15) is 12.8 Å². The monoisotopic (exact) mass is 242 g/mol. The molecule has 1 aliphatic carbocycles. The molecule has 0 bridgehead atoms. The van der Waals surface area contributed by atoms with Gasteiger partial charge in [-0.15, -0.1) is 0 Å². The Kier molecular flexibility index (Phi) is 2.84. The van der Waals surface area contributed by atoms with Gasteiger partial charge in [-0.1, -0.05) is 18.2 Å². The Labute approximate surface area is 105 Å². The molecule has 2 heterocycles. The molecule has 2 aromatic rings. The molecule has 1 aliphatic rings. The highest BCUT2D eigenvalue weighted by atomic mass is 16.5. The molecular weight excluding hydrogens is 228 g/mol. The second-order valence-electron chi connectivity index (χ2n) is 4.48. The van der Waals surface area contributed by atoms with E-state index in [0.29, 0.717) is 24.1 Å². The van der Waals surface area contributed by atoms with Crippen molar-refractivity contribution in [2.24, 2.45) is 5.92 Å². The number of hydrogen-bond acceptors (Lipinski definition) is 3. The van der Waals surface area contributed by atoms with Crippen LogP contribution in [-0.2, 0) is 0 Å². The van der Waals surface area contributed by atoms with E-state index in [9.17, 15) is 4.79 Å². The second-order valence-corrected chi connectivity index (χ2v) is 4.48. The molecule has 0 saturated carbocycles. The molecule has 0 amide bonds. The third kappa shape index (κ3) is 2.14. The highest BCUT2D eigenvalue weighted by Gasteiger charge is 2.11. The lowest BCUT2D eigenvalue weighted by atomic mass is 10.1. The highest BCUT2D eigenvalue weighted by Crippen LogP contribution is 2.18.